The van der Waals surface area contributed by atoms with Crippen LogP contribution < -0.4 is 15.3 Å². The van der Waals surface area contributed by atoms with Gasteiger partial charge in [-0.3, -0.25) is 15.0 Å². The molecule has 8 nitrogen and oxygen atoms in total. The van der Waals surface area contributed by atoms with Crippen LogP contribution in [0.2, 0.25) is 0 Å². The summed E-state index contributed by atoms with van der Waals surface area (Å²) in [5, 5.41) is 6.39. The lowest BCUT2D eigenvalue weighted by Crippen LogP contribution is -2.56. The first-order chi connectivity index (χ1) is 15.6. The fourth-order valence-corrected chi connectivity index (χ4v) is 6.74. The number of hydrogen-bond donors (Lipinski definition) is 2. The second-order valence-corrected chi connectivity index (χ2v) is 11.7. The number of carbonyl (C=O) groups excluding carboxylic acids is 2. The molecule has 1 saturated carbocycles. The van der Waals surface area contributed by atoms with Gasteiger partial charge in [-0.1, -0.05) is 30.3 Å². The van der Waals surface area contributed by atoms with E-state index in [9.17, 15) is 18.0 Å². The van der Waals surface area contributed by atoms with Crippen molar-refractivity contribution >= 4 is 33.6 Å². The van der Waals surface area contributed by atoms with Crippen LogP contribution in [0.1, 0.15) is 54.4 Å². The number of nitrogens with two attached hydrogens (primary N) is 1. The van der Waals surface area contributed by atoms with Crippen molar-refractivity contribution in [2.24, 2.45) is 5.14 Å². The second-order valence-electron chi connectivity index (χ2n) is 8.41. The summed E-state index contributed by atoms with van der Waals surface area (Å²) in [4.78, 5) is 25.5. The number of sulfonamides is 1. The summed E-state index contributed by atoms with van der Waals surface area (Å²) in [7, 11) is -2.61. The first kappa shape index (κ1) is 23.6. The number of nitrogens with zero attached hydrogens (tertiary/aromatic N) is 1. The summed E-state index contributed by atoms with van der Waals surface area (Å²) >= 11 is 1.59. The summed E-state index contributed by atoms with van der Waals surface area (Å²) in [5.41, 5.74) is 4.20. The zero-order chi connectivity index (χ0) is 23.8. The minimum absolute atomic E-state index is 0.0632. The lowest BCUT2D eigenvalue weighted by atomic mass is 9.81. The monoisotopic (exact) mass is 489 g/mol. The Balaban J connectivity index is 1.55. The standard InChI is InChI=1S/C23H27N3O5S2/c1-15-22(28)26(23(32-15)12-10-17(11-13-23)16-6-4-3-5-7-16)25-21(27)19-9-8-18(33(24,29)30)14-20(19)31-2/h3-9,14-15,17H,10-13H2,1-2H3,(H,25,27)(H2,24,29,30). The van der Waals surface area contributed by atoms with E-state index in [4.69, 9.17) is 9.88 Å². The summed E-state index contributed by atoms with van der Waals surface area (Å²) in [6, 6.07) is 14.1. The van der Waals surface area contributed by atoms with Crippen molar-refractivity contribution in [3.05, 3.63) is 59.7 Å². The topological polar surface area (TPSA) is 119 Å². The Hall–Kier alpha value is -2.56. The molecule has 10 heteroatoms. The third-order valence-corrected chi connectivity index (χ3v) is 8.86. The van der Waals surface area contributed by atoms with Crippen LogP contribution in [-0.4, -0.2) is 42.5 Å². The fraction of sp³-hybridized carbons (Fsp3) is 0.391. The Bertz CT molecular complexity index is 1160. The predicted molar refractivity (Wildman–Crippen MR) is 126 cm³/mol. The number of ether oxygens (including phenoxy) is 1. The number of primary sulfonamides is 1. The van der Waals surface area contributed by atoms with Gasteiger partial charge < -0.3 is 4.74 Å². The van der Waals surface area contributed by atoms with Crippen LogP contribution in [0.15, 0.2) is 53.4 Å². The Morgan fingerprint density at radius 3 is 2.45 bits per heavy atom. The molecule has 0 bridgehead atoms. The summed E-state index contributed by atoms with van der Waals surface area (Å²) in [6.07, 6.45) is 3.34. The second kappa shape index (κ2) is 9.00. The minimum Gasteiger partial charge on any atom is -0.496 e. The number of nitrogens with one attached hydrogen (secondary N) is 1. The molecule has 0 aromatic heterocycles. The normalized spacial score (nSPS) is 25.3. The molecule has 1 heterocycles. The molecular weight excluding hydrogens is 462 g/mol. The van der Waals surface area contributed by atoms with Crippen LogP contribution in [0.25, 0.3) is 0 Å². The Labute approximate surface area is 197 Å². The molecule has 2 aromatic carbocycles. The maximum atomic E-state index is 13.1. The molecule has 33 heavy (non-hydrogen) atoms. The molecule has 3 N–H and O–H groups in total. The highest BCUT2D eigenvalue weighted by Gasteiger charge is 2.52. The van der Waals surface area contributed by atoms with Gasteiger partial charge in [0.05, 0.1) is 22.8 Å². The number of amides is 2. The molecular formula is C23H27N3O5S2. The molecule has 2 fully saturated rings. The molecule has 176 valence electrons. The van der Waals surface area contributed by atoms with E-state index in [0.717, 1.165) is 25.7 Å². The minimum atomic E-state index is -3.95. The lowest BCUT2D eigenvalue weighted by molar-refractivity contribution is -0.135. The maximum Gasteiger partial charge on any atom is 0.273 e. The highest BCUT2D eigenvalue weighted by Crippen LogP contribution is 2.52. The molecule has 1 unspecified atom stereocenters. The van der Waals surface area contributed by atoms with Crippen molar-refractivity contribution in [2.45, 2.75) is 53.5 Å². The van der Waals surface area contributed by atoms with Gasteiger partial charge in [-0.05, 0) is 56.2 Å². The van der Waals surface area contributed by atoms with Gasteiger partial charge in [0.1, 0.15) is 10.6 Å². The van der Waals surface area contributed by atoms with Crippen molar-refractivity contribution in [2.75, 3.05) is 7.11 Å². The number of thioether (sulfide) groups is 1. The zero-order valence-electron chi connectivity index (χ0n) is 18.5. The van der Waals surface area contributed by atoms with E-state index in [1.165, 1.54) is 35.9 Å². The first-order valence-electron chi connectivity index (χ1n) is 10.7. The van der Waals surface area contributed by atoms with Crippen molar-refractivity contribution in [1.29, 1.82) is 0 Å². The molecule has 4 rings (SSSR count). The largest absolute Gasteiger partial charge is 0.496 e. The van der Waals surface area contributed by atoms with Crippen molar-refractivity contribution in [1.82, 2.24) is 10.4 Å². The number of carbonyl (C=O) groups is 2. The van der Waals surface area contributed by atoms with Gasteiger partial charge in [0.15, 0.2) is 0 Å². The molecule has 1 spiro atoms. The highest BCUT2D eigenvalue weighted by atomic mass is 32.2. The van der Waals surface area contributed by atoms with Crippen LogP contribution in [0.3, 0.4) is 0 Å². The first-order valence-corrected chi connectivity index (χ1v) is 13.2. The number of benzene rings is 2. The van der Waals surface area contributed by atoms with E-state index in [2.05, 4.69) is 17.6 Å². The quantitative estimate of drug-likeness (QED) is 0.666. The third-order valence-electron chi connectivity index (χ3n) is 6.37. The zero-order valence-corrected chi connectivity index (χ0v) is 20.1. The molecule has 0 radical (unpaired) electrons. The van der Waals surface area contributed by atoms with Crippen LogP contribution in [0.4, 0.5) is 0 Å². The molecule has 2 amide bonds. The summed E-state index contributed by atoms with van der Waals surface area (Å²) < 4.78 is 28.5. The van der Waals surface area contributed by atoms with E-state index in [1.54, 1.807) is 11.8 Å². The molecule has 1 saturated heterocycles. The Kier molecular flexibility index (Phi) is 6.43. The van der Waals surface area contributed by atoms with Gasteiger partial charge in [0.25, 0.3) is 11.8 Å². The highest BCUT2D eigenvalue weighted by molar-refractivity contribution is 8.02. The van der Waals surface area contributed by atoms with Gasteiger partial charge in [0.2, 0.25) is 10.0 Å². The summed E-state index contributed by atoms with van der Waals surface area (Å²) in [6.45, 7) is 1.85. The lowest BCUT2D eigenvalue weighted by Gasteiger charge is -2.42. The van der Waals surface area contributed by atoms with Crippen LogP contribution in [-0.2, 0) is 14.8 Å². The van der Waals surface area contributed by atoms with E-state index in [0.29, 0.717) is 5.92 Å². The van der Waals surface area contributed by atoms with Gasteiger partial charge in [0, 0.05) is 6.07 Å². The van der Waals surface area contributed by atoms with Gasteiger partial charge in [-0.15, -0.1) is 11.8 Å². The molecule has 2 aromatic rings. The van der Waals surface area contributed by atoms with E-state index in [1.807, 2.05) is 25.1 Å². The number of hydrazine groups is 1. The molecule has 1 atom stereocenters. The Morgan fingerprint density at radius 2 is 1.85 bits per heavy atom. The third kappa shape index (κ3) is 4.60. The van der Waals surface area contributed by atoms with Crippen molar-refractivity contribution in [3.8, 4) is 5.75 Å². The fourth-order valence-electron chi connectivity index (χ4n) is 4.64. The maximum absolute atomic E-state index is 13.1. The average molecular weight is 490 g/mol. The van der Waals surface area contributed by atoms with E-state index >= 15 is 0 Å². The summed E-state index contributed by atoms with van der Waals surface area (Å²) in [5.74, 6) is -0.202. The van der Waals surface area contributed by atoms with Gasteiger partial charge >= 0.3 is 0 Å². The van der Waals surface area contributed by atoms with Crippen LogP contribution in [0, 0.1) is 0 Å². The SMILES string of the molecule is COc1cc(S(N)(=O)=O)ccc1C(=O)NN1C(=O)C(C)SC12CCC(c1ccccc1)CC2. The van der Waals surface area contributed by atoms with Crippen molar-refractivity contribution < 1.29 is 22.7 Å². The van der Waals surface area contributed by atoms with Crippen LogP contribution in [0.5, 0.6) is 5.75 Å². The number of rotatable bonds is 5. The van der Waals surface area contributed by atoms with Crippen molar-refractivity contribution in [3.63, 3.8) is 0 Å². The van der Waals surface area contributed by atoms with Crippen LogP contribution >= 0.6 is 11.8 Å². The van der Waals surface area contributed by atoms with E-state index in [-0.39, 0.29) is 27.4 Å². The predicted octanol–water partition coefficient (Wildman–Crippen LogP) is 3.01. The molecule has 1 aliphatic heterocycles. The smallest absolute Gasteiger partial charge is 0.273 e. The average Bonchev–Trinajstić information content (AvgIpc) is 3.03. The van der Waals surface area contributed by atoms with Gasteiger partial charge in [-0.2, -0.15) is 0 Å². The van der Waals surface area contributed by atoms with E-state index < -0.39 is 20.8 Å². The Morgan fingerprint density at radius 1 is 1.18 bits per heavy atom. The van der Waals surface area contributed by atoms with Gasteiger partial charge in [-0.25, -0.2) is 18.6 Å². The number of methoxy groups -OCH3 is 1. The molecule has 1 aliphatic carbocycles. The number of hydrogen-bond acceptors (Lipinski definition) is 6. The molecule has 2 aliphatic rings.